The van der Waals surface area contributed by atoms with Crippen molar-refractivity contribution in [3.8, 4) is 40.5 Å². The van der Waals surface area contributed by atoms with Crippen LogP contribution in [0.25, 0.3) is 21.9 Å². The number of fused-ring (bicyclic) bond motifs is 1. The number of hydrogen-bond donors (Lipinski definition) is 0. The van der Waals surface area contributed by atoms with Crippen LogP contribution in [-0.4, -0.2) is 19.9 Å². The molecule has 0 fully saturated rings. The van der Waals surface area contributed by atoms with E-state index in [2.05, 4.69) is 49.9 Å². The molecule has 0 saturated heterocycles. The molecule has 0 aliphatic rings. The van der Waals surface area contributed by atoms with E-state index in [0.717, 1.165) is 38.8 Å². The van der Waals surface area contributed by atoms with Crippen molar-refractivity contribution in [1.82, 2.24) is 0 Å². The van der Waals surface area contributed by atoms with E-state index >= 15 is 0 Å². The highest BCUT2D eigenvalue weighted by molar-refractivity contribution is 6.09. The summed E-state index contributed by atoms with van der Waals surface area (Å²) in [5.74, 6) is 2.08. The average Bonchev–Trinajstić information content (AvgIpc) is 3.06. The minimum atomic E-state index is -0.181. The van der Waals surface area contributed by atoms with Crippen molar-refractivity contribution in [2.75, 3.05) is 19.1 Å². The van der Waals surface area contributed by atoms with Gasteiger partial charge in [0.2, 0.25) is 0 Å². The first kappa shape index (κ1) is 31.8. The van der Waals surface area contributed by atoms with Gasteiger partial charge in [0, 0.05) is 48.3 Å². The smallest absolute Gasteiger partial charge is 0.136 e. The summed E-state index contributed by atoms with van der Waals surface area (Å²) < 4.78 is 11.6. The number of hydrogen-bond acceptors (Lipinski definition) is 6. The molecule has 0 radical (unpaired) electrons. The van der Waals surface area contributed by atoms with Crippen LogP contribution in [0.2, 0.25) is 0 Å². The van der Waals surface area contributed by atoms with E-state index in [4.69, 9.17) is 9.47 Å². The van der Waals surface area contributed by atoms with Crippen molar-refractivity contribution in [1.29, 1.82) is 10.5 Å². The van der Waals surface area contributed by atoms with Crippen molar-refractivity contribution >= 4 is 27.9 Å². The summed E-state index contributed by atoms with van der Waals surface area (Å²) in [7, 11) is 3.61. The molecule has 5 aromatic carbocycles. The van der Waals surface area contributed by atoms with Crippen LogP contribution in [0.5, 0.6) is 17.2 Å². The van der Waals surface area contributed by atoms with Crippen LogP contribution in [0.4, 0.5) is 11.4 Å². The van der Waals surface area contributed by atoms with Gasteiger partial charge in [0.1, 0.15) is 35.2 Å². The second-order valence-electron chi connectivity index (χ2n) is 12.3. The van der Waals surface area contributed by atoms with Gasteiger partial charge >= 0.3 is 0 Å². The van der Waals surface area contributed by atoms with E-state index in [9.17, 15) is 15.3 Å². The van der Waals surface area contributed by atoms with Crippen LogP contribution in [0.3, 0.4) is 0 Å². The normalized spacial score (nSPS) is 11.0. The first-order valence-electron chi connectivity index (χ1n) is 15.3. The number of benzene rings is 5. The second-order valence-corrected chi connectivity index (χ2v) is 12.3. The monoisotopic (exact) mass is 607 g/mol. The number of nitriles is 2. The number of nitrogens with zero attached hydrogens (tertiary/aromatic N) is 3. The Kier molecular flexibility index (Phi) is 9.12. The van der Waals surface area contributed by atoms with Gasteiger partial charge in [-0.05, 0) is 76.0 Å². The van der Waals surface area contributed by atoms with E-state index in [1.807, 2.05) is 92.8 Å². The molecule has 0 amide bonds. The van der Waals surface area contributed by atoms with Crippen LogP contribution in [-0.2, 0) is 16.6 Å². The van der Waals surface area contributed by atoms with Crippen molar-refractivity contribution in [3.63, 3.8) is 0 Å². The van der Waals surface area contributed by atoms with Gasteiger partial charge < -0.3 is 14.4 Å². The number of methoxy groups -OCH3 is 1. The maximum absolute atomic E-state index is 12.1. The molecule has 0 aliphatic carbocycles. The van der Waals surface area contributed by atoms with Gasteiger partial charge in [-0.1, -0.05) is 64.1 Å². The molecule has 0 atom stereocenters. The minimum Gasteiger partial charge on any atom is -0.497 e. The van der Waals surface area contributed by atoms with Gasteiger partial charge in [0.25, 0.3) is 0 Å². The van der Waals surface area contributed by atoms with Gasteiger partial charge in [-0.2, -0.15) is 10.5 Å². The van der Waals surface area contributed by atoms with Gasteiger partial charge in [-0.15, -0.1) is 0 Å². The van der Waals surface area contributed by atoms with Gasteiger partial charge in [0.05, 0.1) is 18.2 Å². The number of ketones is 1. The zero-order valence-corrected chi connectivity index (χ0v) is 27.1. The Bertz CT molecular complexity index is 2010. The fourth-order valence-corrected chi connectivity index (χ4v) is 5.56. The Morgan fingerprint density at radius 1 is 0.848 bits per heavy atom. The Labute approximate surface area is 271 Å². The first-order chi connectivity index (χ1) is 22.1. The van der Waals surface area contributed by atoms with Gasteiger partial charge in [-0.3, -0.25) is 4.79 Å². The SMILES string of the molecule is CCC(=O)Cc1ccc(N(C)c2cc(C(C)(C)C)cc3cc(C#N)c(C#N)c(-c4cccc(Oc5cccc(OC)c5)c4)c23)cc1. The summed E-state index contributed by atoms with van der Waals surface area (Å²) in [5, 5.41) is 22.4. The third-order valence-electron chi connectivity index (χ3n) is 8.20. The number of ether oxygens (including phenoxy) is 2. The maximum Gasteiger partial charge on any atom is 0.136 e. The molecule has 5 rings (SSSR count). The lowest BCUT2D eigenvalue weighted by atomic mass is 9.82. The third kappa shape index (κ3) is 6.58. The largest absolute Gasteiger partial charge is 0.497 e. The fourth-order valence-electron chi connectivity index (χ4n) is 5.56. The van der Waals surface area contributed by atoms with Gasteiger partial charge in [0.15, 0.2) is 0 Å². The topological polar surface area (TPSA) is 86.4 Å². The summed E-state index contributed by atoms with van der Waals surface area (Å²) in [4.78, 5) is 14.2. The van der Waals surface area contributed by atoms with Crippen LogP contribution in [0, 0.1) is 22.7 Å². The summed E-state index contributed by atoms with van der Waals surface area (Å²) in [6.07, 6.45) is 0.914. The lowest BCUT2D eigenvalue weighted by Gasteiger charge is -2.28. The Balaban J connectivity index is 1.74. The molecule has 0 N–H and O–H groups in total. The third-order valence-corrected chi connectivity index (χ3v) is 8.20. The summed E-state index contributed by atoms with van der Waals surface area (Å²) >= 11 is 0. The quantitative estimate of drug-likeness (QED) is 0.166. The van der Waals surface area contributed by atoms with Crippen LogP contribution in [0.15, 0.2) is 91.0 Å². The van der Waals surface area contributed by atoms with E-state index in [0.29, 0.717) is 46.8 Å². The molecule has 230 valence electrons. The molecule has 0 unspecified atom stereocenters. The molecular formula is C40H37N3O3. The average molecular weight is 608 g/mol. The molecule has 46 heavy (non-hydrogen) atoms. The van der Waals surface area contributed by atoms with Crippen molar-refractivity contribution in [2.45, 2.75) is 46.0 Å². The molecule has 0 heterocycles. The molecule has 6 nitrogen and oxygen atoms in total. The molecule has 0 aromatic heterocycles. The van der Waals surface area contributed by atoms with E-state index in [1.165, 1.54) is 0 Å². The number of Topliss-reactive ketones (excluding diaryl/α,β-unsaturated/α-hetero) is 1. The van der Waals surface area contributed by atoms with E-state index in [-0.39, 0.29) is 11.2 Å². The van der Waals surface area contributed by atoms with Crippen molar-refractivity contribution < 1.29 is 14.3 Å². The fraction of sp³-hybridized carbons (Fsp3) is 0.225. The molecule has 0 bridgehead atoms. The minimum absolute atomic E-state index is 0.181. The predicted molar refractivity (Wildman–Crippen MR) is 184 cm³/mol. The molecule has 6 heteroatoms. The number of rotatable bonds is 9. The lowest BCUT2D eigenvalue weighted by Crippen LogP contribution is -2.15. The molecular weight excluding hydrogens is 570 g/mol. The second kappa shape index (κ2) is 13.2. The Morgan fingerprint density at radius 2 is 1.52 bits per heavy atom. The zero-order valence-electron chi connectivity index (χ0n) is 27.1. The number of anilines is 2. The number of carbonyl (C=O) groups is 1. The highest BCUT2D eigenvalue weighted by atomic mass is 16.5. The first-order valence-corrected chi connectivity index (χ1v) is 15.3. The van der Waals surface area contributed by atoms with Crippen molar-refractivity contribution in [3.05, 3.63) is 113 Å². The van der Waals surface area contributed by atoms with Crippen molar-refractivity contribution in [2.24, 2.45) is 0 Å². The summed E-state index contributed by atoms with van der Waals surface area (Å²) in [6, 6.07) is 33.7. The predicted octanol–water partition coefficient (Wildman–Crippen LogP) is 9.64. The number of carbonyl (C=O) groups excluding carboxylic acids is 1. The van der Waals surface area contributed by atoms with Crippen LogP contribution >= 0.6 is 0 Å². The van der Waals surface area contributed by atoms with Crippen LogP contribution < -0.4 is 14.4 Å². The zero-order chi connectivity index (χ0) is 33.0. The van der Waals surface area contributed by atoms with Gasteiger partial charge in [-0.25, -0.2) is 0 Å². The van der Waals surface area contributed by atoms with E-state index < -0.39 is 0 Å². The highest BCUT2D eigenvalue weighted by Crippen LogP contribution is 2.44. The molecule has 5 aromatic rings. The Hall–Kier alpha value is -5.59. The lowest BCUT2D eigenvalue weighted by molar-refractivity contribution is -0.118. The van der Waals surface area contributed by atoms with Crippen LogP contribution in [0.1, 0.15) is 56.4 Å². The molecule has 0 spiro atoms. The van der Waals surface area contributed by atoms with E-state index in [1.54, 1.807) is 7.11 Å². The molecule has 0 saturated carbocycles. The highest BCUT2D eigenvalue weighted by Gasteiger charge is 2.24. The standard InChI is InChI=1S/C40H37N3O3/c1-7-32(44)18-26-14-16-31(17-15-26)43(5)37-22-30(40(2,3)4)20-28-19-29(24-41)36(25-42)38(39(28)37)27-10-8-12-34(21-27)46-35-13-9-11-33(23-35)45-6/h8-17,19-23H,7,18H2,1-6H3. The maximum atomic E-state index is 12.1. The summed E-state index contributed by atoms with van der Waals surface area (Å²) in [5.41, 5.74) is 5.76. The Morgan fingerprint density at radius 3 is 2.15 bits per heavy atom. The summed E-state index contributed by atoms with van der Waals surface area (Å²) in [6.45, 7) is 8.36. The molecule has 0 aliphatic heterocycles.